The lowest BCUT2D eigenvalue weighted by atomic mass is 10.2. The number of aromatic hydroxyl groups is 1. The van der Waals surface area contributed by atoms with Crippen LogP contribution in [0.2, 0.25) is 0 Å². The van der Waals surface area contributed by atoms with Crippen molar-refractivity contribution in [2.45, 2.75) is 6.54 Å². The minimum absolute atomic E-state index is 0.145. The number of rotatable bonds is 3. The Morgan fingerprint density at radius 1 is 1.11 bits per heavy atom. The molecule has 94 valence electrons. The quantitative estimate of drug-likeness (QED) is 0.896. The fourth-order valence-electron chi connectivity index (χ4n) is 1.49. The minimum Gasteiger partial charge on any atom is -0.507 e. The molecule has 2 aromatic carbocycles. The Hall–Kier alpha value is -1.62. The van der Waals surface area contributed by atoms with Crippen molar-refractivity contribution >= 4 is 21.6 Å². The van der Waals surface area contributed by atoms with E-state index in [1.54, 1.807) is 18.2 Å². The van der Waals surface area contributed by atoms with Crippen LogP contribution < -0.4 is 5.32 Å². The third kappa shape index (κ3) is 2.98. The van der Waals surface area contributed by atoms with Gasteiger partial charge in [0.1, 0.15) is 17.4 Å². The summed E-state index contributed by atoms with van der Waals surface area (Å²) in [6, 6.07) is 8.35. The van der Waals surface area contributed by atoms with Gasteiger partial charge in [0.15, 0.2) is 0 Å². The summed E-state index contributed by atoms with van der Waals surface area (Å²) in [5, 5.41) is 12.2. The van der Waals surface area contributed by atoms with Crippen LogP contribution in [0.25, 0.3) is 0 Å². The van der Waals surface area contributed by atoms with E-state index < -0.39 is 11.6 Å². The van der Waals surface area contributed by atoms with Crippen LogP contribution in [-0.4, -0.2) is 5.11 Å². The van der Waals surface area contributed by atoms with Gasteiger partial charge in [-0.3, -0.25) is 0 Å². The van der Waals surface area contributed by atoms with E-state index in [0.29, 0.717) is 11.0 Å². The summed E-state index contributed by atoms with van der Waals surface area (Å²) in [6.07, 6.45) is 0. The van der Waals surface area contributed by atoms with Gasteiger partial charge >= 0.3 is 0 Å². The van der Waals surface area contributed by atoms with E-state index in [4.69, 9.17) is 0 Å². The zero-order valence-electron chi connectivity index (χ0n) is 9.25. The standard InChI is InChI=1S/C13H10BrF2NO/c14-10-5-8(1-4-13(10)18)7-17-12-3-2-9(15)6-11(12)16/h1-6,17-18H,7H2. The van der Waals surface area contributed by atoms with Gasteiger partial charge < -0.3 is 10.4 Å². The molecule has 0 aliphatic rings. The molecule has 0 aromatic heterocycles. The Labute approximate surface area is 111 Å². The van der Waals surface area contributed by atoms with Gasteiger partial charge in [-0.25, -0.2) is 8.78 Å². The lowest BCUT2D eigenvalue weighted by Gasteiger charge is -2.08. The molecule has 2 rings (SSSR count). The van der Waals surface area contributed by atoms with E-state index in [0.717, 1.165) is 11.6 Å². The van der Waals surface area contributed by atoms with Crippen molar-refractivity contribution in [1.82, 2.24) is 0 Å². The third-order valence-corrected chi connectivity index (χ3v) is 3.06. The summed E-state index contributed by atoms with van der Waals surface area (Å²) >= 11 is 3.19. The van der Waals surface area contributed by atoms with Crippen LogP contribution >= 0.6 is 15.9 Å². The van der Waals surface area contributed by atoms with Crippen molar-refractivity contribution < 1.29 is 13.9 Å². The molecule has 0 unspecified atom stereocenters. The Balaban J connectivity index is 2.09. The summed E-state index contributed by atoms with van der Waals surface area (Å²) in [5.41, 5.74) is 1.10. The molecular weight excluding hydrogens is 304 g/mol. The molecule has 0 heterocycles. The van der Waals surface area contributed by atoms with Gasteiger partial charge in [0.05, 0.1) is 10.2 Å². The maximum atomic E-state index is 13.3. The average Bonchev–Trinajstić information content (AvgIpc) is 2.32. The smallest absolute Gasteiger partial charge is 0.149 e. The number of halogens is 3. The molecule has 18 heavy (non-hydrogen) atoms. The average molecular weight is 314 g/mol. The van der Waals surface area contributed by atoms with Crippen LogP contribution in [0.1, 0.15) is 5.56 Å². The van der Waals surface area contributed by atoms with Gasteiger partial charge in [0.2, 0.25) is 0 Å². The first kappa shape index (κ1) is 12.8. The third-order valence-electron chi connectivity index (χ3n) is 2.43. The lowest BCUT2D eigenvalue weighted by Crippen LogP contribution is -2.01. The Kier molecular flexibility index (Phi) is 3.81. The number of nitrogens with one attached hydrogen (secondary N) is 1. The molecule has 0 saturated carbocycles. The van der Waals surface area contributed by atoms with Crippen LogP contribution in [0.4, 0.5) is 14.5 Å². The zero-order chi connectivity index (χ0) is 13.1. The SMILES string of the molecule is Oc1ccc(CNc2ccc(F)cc2F)cc1Br. The van der Waals surface area contributed by atoms with Gasteiger partial charge in [0, 0.05) is 12.6 Å². The Morgan fingerprint density at radius 2 is 1.89 bits per heavy atom. The highest BCUT2D eigenvalue weighted by Crippen LogP contribution is 2.25. The van der Waals surface area contributed by atoms with Gasteiger partial charge in [-0.05, 0) is 45.8 Å². The zero-order valence-corrected chi connectivity index (χ0v) is 10.8. The second-order valence-electron chi connectivity index (χ2n) is 3.76. The Morgan fingerprint density at radius 3 is 2.56 bits per heavy atom. The molecule has 0 atom stereocenters. The summed E-state index contributed by atoms with van der Waals surface area (Å²) < 4.78 is 26.6. The van der Waals surface area contributed by atoms with Crippen LogP contribution in [-0.2, 0) is 6.54 Å². The first-order chi connectivity index (χ1) is 8.56. The van der Waals surface area contributed by atoms with Crippen molar-refractivity contribution in [2.24, 2.45) is 0 Å². The van der Waals surface area contributed by atoms with Gasteiger partial charge in [-0.2, -0.15) is 0 Å². The maximum absolute atomic E-state index is 13.3. The molecule has 0 spiro atoms. The number of benzene rings is 2. The number of hydrogen-bond donors (Lipinski definition) is 2. The monoisotopic (exact) mass is 313 g/mol. The second kappa shape index (κ2) is 5.35. The van der Waals surface area contributed by atoms with E-state index in [9.17, 15) is 13.9 Å². The molecule has 2 N–H and O–H groups in total. The first-order valence-electron chi connectivity index (χ1n) is 5.22. The van der Waals surface area contributed by atoms with Crippen molar-refractivity contribution in [3.8, 4) is 5.75 Å². The largest absolute Gasteiger partial charge is 0.507 e. The van der Waals surface area contributed by atoms with E-state index in [-0.39, 0.29) is 11.4 Å². The molecule has 5 heteroatoms. The summed E-state index contributed by atoms with van der Waals surface area (Å²) in [6.45, 7) is 0.376. The number of phenols is 1. The van der Waals surface area contributed by atoms with Crippen molar-refractivity contribution in [1.29, 1.82) is 0 Å². The van der Waals surface area contributed by atoms with E-state index in [1.807, 2.05) is 0 Å². The fraction of sp³-hybridized carbons (Fsp3) is 0.0769. The fourth-order valence-corrected chi connectivity index (χ4v) is 1.92. The summed E-state index contributed by atoms with van der Waals surface area (Å²) in [4.78, 5) is 0. The van der Waals surface area contributed by atoms with Crippen molar-refractivity contribution in [3.05, 3.63) is 58.1 Å². The molecule has 0 fully saturated rings. The van der Waals surface area contributed by atoms with Crippen LogP contribution in [0.15, 0.2) is 40.9 Å². The second-order valence-corrected chi connectivity index (χ2v) is 4.62. The Bertz CT molecular complexity index is 575. The molecule has 0 bridgehead atoms. The summed E-state index contributed by atoms with van der Waals surface area (Å²) in [5.74, 6) is -1.09. The molecule has 2 nitrogen and oxygen atoms in total. The highest BCUT2D eigenvalue weighted by molar-refractivity contribution is 9.10. The van der Waals surface area contributed by atoms with Crippen LogP contribution in [0.5, 0.6) is 5.75 Å². The predicted octanol–water partition coefficient (Wildman–Crippen LogP) is 4.05. The van der Waals surface area contributed by atoms with Gasteiger partial charge in [0.25, 0.3) is 0 Å². The van der Waals surface area contributed by atoms with E-state index in [1.165, 1.54) is 12.1 Å². The van der Waals surface area contributed by atoms with Gasteiger partial charge in [-0.15, -0.1) is 0 Å². The molecular formula is C13H10BrF2NO. The highest BCUT2D eigenvalue weighted by Gasteiger charge is 2.04. The highest BCUT2D eigenvalue weighted by atomic mass is 79.9. The number of phenolic OH excluding ortho intramolecular Hbond substituents is 1. The normalized spacial score (nSPS) is 10.4. The topological polar surface area (TPSA) is 32.3 Å². The summed E-state index contributed by atoms with van der Waals surface area (Å²) in [7, 11) is 0. The molecule has 2 aromatic rings. The molecule has 0 aliphatic carbocycles. The maximum Gasteiger partial charge on any atom is 0.149 e. The molecule has 0 saturated heterocycles. The van der Waals surface area contributed by atoms with Crippen molar-refractivity contribution in [3.63, 3.8) is 0 Å². The van der Waals surface area contributed by atoms with E-state index in [2.05, 4.69) is 21.2 Å². The predicted molar refractivity (Wildman–Crippen MR) is 69.5 cm³/mol. The minimum atomic E-state index is -0.632. The molecule has 0 amide bonds. The number of anilines is 1. The van der Waals surface area contributed by atoms with Crippen LogP contribution in [0.3, 0.4) is 0 Å². The van der Waals surface area contributed by atoms with Crippen molar-refractivity contribution in [2.75, 3.05) is 5.32 Å². The number of hydrogen-bond acceptors (Lipinski definition) is 2. The molecule has 0 radical (unpaired) electrons. The van der Waals surface area contributed by atoms with Gasteiger partial charge in [-0.1, -0.05) is 6.07 Å². The van der Waals surface area contributed by atoms with Crippen LogP contribution in [0, 0.1) is 11.6 Å². The lowest BCUT2D eigenvalue weighted by molar-refractivity contribution is 0.471. The first-order valence-corrected chi connectivity index (χ1v) is 6.02. The molecule has 0 aliphatic heterocycles. The van der Waals surface area contributed by atoms with E-state index >= 15 is 0 Å².